The van der Waals surface area contributed by atoms with Gasteiger partial charge in [-0.25, -0.2) is 17.5 Å². The number of amides is 1. The zero-order valence-electron chi connectivity index (χ0n) is 19.2. The molecule has 1 amide bonds. The Morgan fingerprint density at radius 3 is 2.10 bits per heavy atom. The molecule has 170 valence electrons. The number of aliphatic imine (C=N–C) groups is 1. The molecule has 0 saturated heterocycles. The Bertz CT molecular complexity index is 841. The number of nitrogens with one attached hydrogen (secondary N) is 3. The second-order valence-electron chi connectivity index (χ2n) is 8.72. The van der Waals surface area contributed by atoms with E-state index in [1.165, 1.54) is 18.4 Å². The van der Waals surface area contributed by atoms with E-state index in [4.69, 9.17) is 4.74 Å². The molecular weight excluding hydrogens is 406 g/mol. The lowest BCUT2D eigenvalue weighted by Gasteiger charge is -2.29. The molecule has 0 radical (unpaired) electrons. The molecular formula is C20H35N5O4S. The summed E-state index contributed by atoms with van der Waals surface area (Å²) in [5.74, 6) is 0.555. The van der Waals surface area contributed by atoms with Crippen molar-refractivity contribution >= 4 is 22.1 Å². The maximum atomic E-state index is 12.1. The summed E-state index contributed by atoms with van der Waals surface area (Å²) in [6.45, 7) is 10.1. The van der Waals surface area contributed by atoms with E-state index in [1.54, 1.807) is 31.3 Å². The van der Waals surface area contributed by atoms with E-state index in [0.29, 0.717) is 19.0 Å². The number of hydrogen-bond donors (Lipinski definition) is 3. The van der Waals surface area contributed by atoms with Gasteiger partial charge in [-0.3, -0.25) is 4.99 Å². The molecule has 0 heterocycles. The first-order valence-corrected chi connectivity index (χ1v) is 11.1. The van der Waals surface area contributed by atoms with Gasteiger partial charge < -0.3 is 20.7 Å². The van der Waals surface area contributed by atoms with E-state index >= 15 is 0 Å². The van der Waals surface area contributed by atoms with Crippen molar-refractivity contribution in [1.82, 2.24) is 20.3 Å². The summed E-state index contributed by atoms with van der Waals surface area (Å²) in [5.41, 5.74) is -0.226. The van der Waals surface area contributed by atoms with Gasteiger partial charge in [0.05, 0.1) is 10.4 Å². The zero-order valence-corrected chi connectivity index (χ0v) is 20.0. The monoisotopic (exact) mass is 441 g/mol. The van der Waals surface area contributed by atoms with Gasteiger partial charge in [0.15, 0.2) is 5.96 Å². The highest BCUT2D eigenvalue weighted by atomic mass is 32.2. The first kappa shape index (κ1) is 25.7. The third kappa shape index (κ3) is 8.58. The fraction of sp³-hybridized carbons (Fsp3) is 0.600. The van der Waals surface area contributed by atoms with Crippen LogP contribution in [0.1, 0.15) is 40.2 Å². The van der Waals surface area contributed by atoms with E-state index in [0.717, 1.165) is 5.56 Å². The lowest BCUT2D eigenvalue weighted by Crippen LogP contribution is -2.54. The van der Waals surface area contributed by atoms with Gasteiger partial charge in [-0.15, -0.1) is 0 Å². The largest absolute Gasteiger partial charge is 0.444 e. The lowest BCUT2D eigenvalue weighted by molar-refractivity contribution is 0.0474. The molecule has 0 aromatic heterocycles. The van der Waals surface area contributed by atoms with Gasteiger partial charge in [0, 0.05) is 34.2 Å². The number of sulfonamides is 1. The Labute approximate surface area is 180 Å². The molecule has 0 aliphatic carbocycles. The summed E-state index contributed by atoms with van der Waals surface area (Å²) in [7, 11) is 1.20. The minimum atomic E-state index is -3.44. The van der Waals surface area contributed by atoms with E-state index in [9.17, 15) is 13.2 Å². The standard InChI is InChI=1S/C20H35N5O4S/c1-19(2,3)29-18(26)24-20(4,5)14-23-17(21-6)22-13-15-9-11-16(12-10-15)30(27,28)25(7)8/h9-12H,13-14H2,1-8H3,(H,24,26)(H2,21,22,23). The molecule has 0 aliphatic heterocycles. The fourth-order valence-electron chi connectivity index (χ4n) is 2.33. The van der Waals surface area contributed by atoms with Crippen molar-refractivity contribution in [2.24, 2.45) is 4.99 Å². The summed E-state index contributed by atoms with van der Waals surface area (Å²) in [5, 5.41) is 9.16. The Balaban J connectivity index is 2.60. The van der Waals surface area contributed by atoms with Crippen molar-refractivity contribution in [3.63, 3.8) is 0 Å². The van der Waals surface area contributed by atoms with Crippen LogP contribution in [0, 0.1) is 0 Å². The smallest absolute Gasteiger partial charge is 0.408 e. The molecule has 0 atom stereocenters. The predicted octanol–water partition coefficient (Wildman–Crippen LogP) is 1.91. The highest BCUT2D eigenvalue weighted by Gasteiger charge is 2.24. The SMILES string of the molecule is CN=C(NCc1ccc(S(=O)(=O)N(C)C)cc1)NCC(C)(C)NC(=O)OC(C)(C)C. The van der Waals surface area contributed by atoms with Gasteiger partial charge in [-0.1, -0.05) is 12.1 Å². The Hall–Kier alpha value is -2.33. The van der Waals surface area contributed by atoms with Crippen molar-refractivity contribution in [1.29, 1.82) is 0 Å². The van der Waals surface area contributed by atoms with Crippen LogP contribution in [0.25, 0.3) is 0 Å². The molecule has 0 unspecified atom stereocenters. The van der Waals surface area contributed by atoms with Crippen LogP contribution in [0.15, 0.2) is 34.2 Å². The quantitative estimate of drug-likeness (QED) is 0.440. The molecule has 3 N–H and O–H groups in total. The molecule has 1 rings (SSSR count). The molecule has 0 bridgehead atoms. The van der Waals surface area contributed by atoms with Crippen molar-refractivity contribution in [3.05, 3.63) is 29.8 Å². The Kier molecular flexibility index (Phi) is 8.67. The van der Waals surface area contributed by atoms with E-state index in [-0.39, 0.29) is 4.90 Å². The molecule has 0 fully saturated rings. The minimum absolute atomic E-state index is 0.244. The van der Waals surface area contributed by atoms with Gasteiger partial charge in [0.25, 0.3) is 0 Å². The van der Waals surface area contributed by atoms with Crippen molar-refractivity contribution in [2.45, 2.75) is 57.2 Å². The van der Waals surface area contributed by atoms with Crippen LogP contribution in [0.3, 0.4) is 0 Å². The maximum Gasteiger partial charge on any atom is 0.408 e. The third-order valence-electron chi connectivity index (χ3n) is 3.92. The Morgan fingerprint density at radius 2 is 1.63 bits per heavy atom. The number of carbonyl (C=O) groups is 1. The molecule has 30 heavy (non-hydrogen) atoms. The van der Waals surface area contributed by atoms with E-state index in [1.807, 2.05) is 34.6 Å². The third-order valence-corrected chi connectivity index (χ3v) is 5.75. The van der Waals surface area contributed by atoms with Crippen LogP contribution in [0.4, 0.5) is 4.79 Å². The van der Waals surface area contributed by atoms with Crippen LogP contribution in [-0.2, 0) is 21.3 Å². The number of benzene rings is 1. The molecule has 1 aromatic rings. The second kappa shape index (κ2) is 10.1. The van der Waals surface area contributed by atoms with Crippen molar-refractivity contribution < 1.29 is 17.9 Å². The Morgan fingerprint density at radius 1 is 1.07 bits per heavy atom. The number of nitrogens with zero attached hydrogens (tertiary/aromatic N) is 2. The summed E-state index contributed by atoms with van der Waals surface area (Å²) in [6, 6.07) is 6.67. The number of hydrogen-bond acceptors (Lipinski definition) is 5. The highest BCUT2D eigenvalue weighted by molar-refractivity contribution is 7.89. The van der Waals surface area contributed by atoms with Crippen LogP contribution in [0.5, 0.6) is 0 Å². The predicted molar refractivity (Wildman–Crippen MR) is 119 cm³/mol. The van der Waals surface area contributed by atoms with Gasteiger partial charge in [0.1, 0.15) is 5.60 Å². The summed E-state index contributed by atoms with van der Waals surface area (Å²) < 4.78 is 30.7. The van der Waals surface area contributed by atoms with Gasteiger partial charge in [-0.05, 0) is 52.3 Å². The number of carbonyl (C=O) groups excluding carboxylic acids is 1. The van der Waals surface area contributed by atoms with Crippen LogP contribution in [-0.4, -0.2) is 63.6 Å². The zero-order chi connectivity index (χ0) is 23.2. The summed E-state index contributed by atoms with van der Waals surface area (Å²) in [4.78, 5) is 16.4. The number of alkyl carbamates (subject to hydrolysis) is 1. The van der Waals surface area contributed by atoms with Gasteiger partial charge in [-0.2, -0.15) is 0 Å². The maximum absolute atomic E-state index is 12.1. The van der Waals surface area contributed by atoms with E-state index in [2.05, 4.69) is 20.9 Å². The van der Waals surface area contributed by atoms with Crippen molar-refractivity contribution in [3.8, 4) is 0 Å². The fourth-order valence-corrected chi connectivity index (χ4v) is 3.23. The molecule has 9 nitrogen and oxygen atoms in total. The first-order valence-electron chi connectivity index (χ1n) is 9.63. The summed E-state index contributed by atoms with van der Waals surface area (Å²) in [6.07, 6.45) is -0.481. The number of guanidine groups is 1. The average molecular weight is 442 g/mol. The molecule has 0 aliphatic rings. The normalized spacial score (nSPS) is 13.2. The van der Waals surface area contributed by atoms with Crippen molar-refractivity contribution in [2.75, 3.05) is 27.7 Å². The van der Waals surface area contributed by atoms with Crippen LogP contribution < -0.4 is 16.0 Å². The highest BCUT2D eigenvalue weighted by Crippen LogP contribution is 2.14. The first-order chi connectivity index (χ1) is 13.7. The van der Waals surface area contributed by atoms with Gasteiger partial charge >= 0.3 is 6.09 Å². The molecule has 0 spiro atoms. The number of rotatable bonds is 7. The molecule has 10 heteroatoms. The molecule has 0 saturated carbocycles. The summed E-state index contributed by atoms with van der Waals surface area (Å²) >= 11 is 0. The topological polar surface area (TPSA) is 112 Å². The number of ether oxygens (including phenoxy) is 1. The molecule has 1 aromatic carbocycles. The lowest BCUT2D eigenvalue weighted by atomic mass is 10.1. The van der Waals surface area contributed by atoms with Crippen LogP contribution in [0.2, 0.25) is 0 Å². The van der Waals surface area contributed by atoms with Crippen LogP contribution >= 0.6 is 0 Å². The van der Waals surface area contributed by atoms with Gasteiger partial charge in [0.2, 0.25) is 10.0 Å². The van der Waals surface area contributed by atoms with E-state index < -0.39 is 27.3 Å². The average Bonchev–Trinajstić information content (AvgIpc) is 2.59. The second-order valence-corrected chi connectivity index (χ2v) is 10.9. The minimum Gasteiger partial charge on any atom is -0.444 e.